The summed E-state index contributed by atoms with van der Waals surface area (Å²) in [6.07, 6.45) is 0. The van der Waals surface area contributed by atoms with Crippen molar-refractivity contribution >= 4 is 44.7 Å². The lowest BCUT2D eigenvalue weighted by molar-refractivity contribution is -0.117. The lowest BCUT2D eigenvalue weighted by Gasteiger charge is -2.10. The monoisotopic (exact) mass is 372 g/mol. The van der Waals surface area contributed by atoms with Crippen molar-refractivity contribution in [2.75, 3.05) is 10.6 Å². The van der Waals surface area contributed by atoms with Gasteiger partial charge in [0.1, 0.15) is 11.2 Å². The van der Waals surface area contributed by atoms with E-state index < -0.39 is 11.6 Å². The molecule has 0 unspecified atom stereocenters. The number of carbonyl (C=O) groups is 2. The van der Waals surface area contributed by atoms with E-state index in [2.05, 4.69) is 10.6 Å². The van der Waals surface area contributed by atoms with E-state index in [1.807, 2.05) is 0 Å². The number of hydrogen-bond donors (Lipinski definition) is 2. The molecule has 0 radical (unpaired) electrons. The summed E-state index contributed by atoms with van der Waals surface area (Å²) in [6.45, 7) is 1.19. The molecule has 2 aromatic heterocycles. The van der Waals surface area contributed by atoms with Crippen LogP contribution < -0.4 is 21.9 Å². The summed E-state index contributed by atoms with van der Waals surface area (Å²) in [5, 5.41) is 7.04. The predicted octanol–water partition coefficient (Wildman–Crippen LogP) is 1.36. The number of nitrogens with one attached hydrogen (secondary N) is 2. The van der Waals surface area contributed by atoms with Gasteiger partial charge in [0, 0.05) is 25.3 Å². The highest BCUT2D eigenvalue weighted by atomic mass is 32.1. The van der Waals surface area contributed by atoms with Crippen LogP contribution in [0.15, 0.2) is 45.3 Å². The van der Waals surface area contributed by atoms with Crippen molar-refractivity contribution in [3.05, 3.63) is 56.5 Å². The molecular formula is C17H16N4O4S. The Hall–Kier alpha value is -3.20. The lowest BCUT2D eigenvalue weighted by atomic mass is 10.2. The maximum Gasteiger partial charge on any atom is 0.331 e. The van der Waals surface area contributed by atoms with Crippen molar-refractivity contribution < 1.29 is 9.59 Å². The number of rotatable bonds is 4. The summed E-state index contributed by atoms with van der Waals surface area (Å²) >= 11 is 1.23. The van der Waals surface area contributed by atoms with E-state index in [0.29, 0.717) is 21.6 Å². The minimum atomic E-state index is -0.544. The van der Waals surface area contributed by atoms with Gasteiger partial charge in [-0.3, -0.25) is 23.5 Å². The number of thiophene rings is 1. The number of carbonyl (C=O) groups excluding carboxylic acids is 2. The number of fused-ring (bicyclic) bond motifs is 1. The van der Waals surface area contributed by atoms with E-state index >= 15 is 0 Å². The zero-order valence-electron chi connectivity index (χ0n) is 14.1. The van der Waals surface area contributed by atoms with Crippen LogP contribution in [0.1, 0.15) is 6.92 Å². The molecule has 1 aromatic carbocycles. The Kier molecular flexibility index (Phi) is 4.72. The van der Waals surface area contributed by atoms with Crippen LogP contribution in [0.5, 0.6) is 0 Å². The average molecular weight is 372 g/mol. The second kappa shape index (κ2) is 6.96. The van der Waals surface area contributed by atoms with Crippen LogP contribution in [0, 0.1) is 0 Å². The summed E-state index contributed by atoms with van der Waals surface area (Å²) < 4.78 is 2.70. The molecule has 26 heavy (non-hydrogen) atoms. The summed E-state index contributed by atoms with van der Waals surface area (Å²) in [7, 11) is 1.39. The van der Waals surface area contributed by atoms with Crippen LogP contribution in [0.4, 0.5) is 11.4 Å². The molecule has 0 bridgehead atoms. The van der Waals surface area contributed by atoms with Gasteiger partial charge in [-0.05, 0) is 35.7 Å². The molecule has 0 aliphatic heterocycles. The lowest BCUT2D eigenvalue weighted by Crippen LogP contribution is -2.39. The van der Waals surface area contributed by atoms with E-state index in [-0.39, 0.29) is 18.0 Å². The highest BCUT2D eigenvalue weighted by Gasteiger charge is 2.14. The van der Waals surface area contributed by atoms with Gasteiger partial charge in [0.15, 0.2) is 0 Å². The van der Waals surface area contributed by atoms with Crippen molar-refractivity contribution in [3.63, 3.8) is 0 Å². The van der Waals surface area contributed by atoms with Gasteiger partial charge in [0.05, 0.1) is 5.52 Å². The van der Waals surface area contributed by atoms with E-state index in [1.54, 1.807) is 35.7 Å². The minimum Gasteiger partial charge on any atom is -0.326 e. The smallest absolute Gasteiger partial charge is 0.326 e. The average Bonchev–Trinajstić information content (AvgIpc) is 3.08. The standard InChI is InChI=1S/C17H16N4O4S/c1-10(22)18-11-3-5-12(6-4-11)19-14(23)9-21-13-7-8-26-15(13)16(24)20(2)17(21)25/h3-8H,9H2,1-2H3,(H,18,22)(H,19,23). The van der Waals surface area contributed by atoms with Gasteiger partial charge in [-0.1, -0.05) is 0 Å². The third kappa shape index (κ3) is 3.42. The molecule has 3 rings (SSSR count). The van der Waals surface area contributed by atoms with Gasteiger partial charge in [-0.15, -0.1) is 11.3 Å². The SMILES string of the molecule is CC(=O)Nc1ccc(NC(=O)Cn2c(=O)n(C)c(=O)c3sccc32)cc1. The number of nitrogens with zero attached hydrogens (tertiary/aromatic N) is 2. The molecule has 2 heterocycles. The van der Waals surface area contributed by atoms with E-state index in [0.717, 1.165) is 4.57 Å². The molecule has 0 atom stereocenters. The fourth-order valence-corrected chi connectivity index (χ4v) is 3.41. The highest BCUT2D eigenvalue weighted by molar-refractivity contribution is 7.17. The minimum absolute atomic E-state index is 0.185. The van der Waals surface area contributed by atoms with Crippen molar-refractivity contribution in [1.82, 2.24) is 9.13 Å². The quantitative estimate of drug-likeness (QED) is 0.722. The first-order chi connectivity index (χ1) is 12.4. The summed E-state index contributed by atoms with van der Waals surface area (Å²) in [4.78, 5) is 47.8. The molecule has 0 aliphatic rings. The Labute approximate surface area is 151 Å². The third-order valence-electron chi connectivity index (χ3n) is 3.74. The Bertz CT molecular complexity index is 1110. The predicted molar refractivity (Wildman–Crippen MR) is 101 cm³/mol. The normalized spacial score (nSPS) is 10.7. The molecule has 0 saturated heterocycles. The first-order valence-electron chi connectivity index (χ1n) is 7.71. The molecule has 9 heteroatoms. The summed E-state index contributed by atoms with van der Waals surface area (Å²) in [5.41, 5.74) is 0.676. The molecule has 0 spiro atoms. The van der Waals surface area contributed by atoms with Gasteiger partial charge in [0.2, 0.25) is 11.8 Å². The molecular weight excluding hydrogens is 356 g/mol. The largest absolute Gasteiger partial charge is 0.331 e. The Morgan fingerprint density at radius 2 is 1.65 bits per heavy atom. The Balaban J connectivity index is 1.82. The first kappa shape index (κ1) is 17.6. The van der Waals surface area contributed by atoms with Gasteiger partial charge < -0.3 is 10.6 Å². The molecule has 8 nitrogen and oxygen atoms in total. The molecule has 134 valence electrons. The van der Waals surface area contributed by atoms with Crippen LogP contribution in [0.3, 0.4) is 0 Å². The maximum absolute atomic E-state index is 12.3. The van der Waals surface area contributed by atoms with Crippen LogP contribution >= 0.6 is 11.3 Å². The van der Waals surface area contributed by atoms with Crippen LogP contribution in [-0.2, 0) is 23.2 Å². The Morgan fingerprint density at radius 1 is 1.04 bits per heavy atom. The van der Waals surface area contributed by atoms with Crippen LogP contribution in [0.2, 0.25) is 0 Å². The number of anilines is 2. The fourth-order valence-electron chi connectivity index (χ4n) is 2.54. The van der Waals surface area contributed by atoms with Crippen molar-refractivity contribution in [1.29, 1.82) is 0 Å². The number of hydrogen-bond acceptors (Lipinski definition) is 5. The van der Waals surface area contributed by atoms with Crippen LogP contribution in [-0.4, -0.2) is 20.9 Å². The fraction of sp³-hybridized carbons (Fsp3) is 0.176. The molecule has 3 aromatic rings. The number of benzene rings is 1. The van der Waals surface area contributed by atoms with Gasteiger partial charge in [-0.2, -0.15) is 0 Å². The molecule has 2 N–H and O–H groups in total. The van der Waals surface area contributed by atoms with Crippen molar-refractivity contribution in [2.24, 2.45) is 7.05 Å². The molecule has 0 saturated carbocycles. The summed E-state index contributed by atoms with van der Waals surface area (Å²) in [5.74, 6) is -0.582. The first-order valence-corrected chi connectivity index (χ1v) is 8.59. The number of amides is 2. The van der Waals surface area contributed by atoms with E-state index in [9.17, 15) is 19.2 Å². The molecule has 0 fully saturated rings. The highest BCUT2D eigenvalue weighted by Crippen LogP contribution is 2.16. The van der Waals surface area contributed by atoms with E-state index in [4.69, 9.17) is 0 Å². The third-order valence-corrected chi connectivity index (χ3v) is 4.63. The van der Waals surface area contributed by atoms with Crippen molar-refractivity contribution in [2.45, 2.75) is 13.5 Å². The second-order valence-corrected chi connectivity index (χ2v) is 6.59. The Morgan fingerprint density at radius 3 is 2.27 bits per heavy atom. The topological polar surface area (TPSA) is 102 Å². The molecule has 0 aliphatic carbocycles. The maximum atomic E-state index is 12.3. The van der Waals surface area contributed by atoms with Gasteiger partial charge in [0.25, 0.3) is 5.56 Å². The van der Waals surface area contributed by atoms with Crippen molar-refractivity contribution in [3.8, 4) is 0 Å². The van der Waals surface area contributed by atoms with Gasteiger partial charge >= 0.3 is 5.69 Å². The van der Waals surface area contributed by atoms with E-state index in [1.165, 1.54) is 29.9 Å². The molecule has 2 amide bonds. The van der Waals surface area contributed by atoms with Crippen LogP contribution in [0.25, 0.3) is 10.2 Å². The van der Waals surface area contributed by atoms with Gasteiger partial charge in [-0.25, -0.2) is 4.79 Å². The zero-order chi connectivity index (χ0) is 18.8. The number of aromatic nitrogens is 2. The summed E-state index contributed by atoms with van der Waals surface area (Å²) in [6, 6.07) is 8.26. The second-order valence-electron chi connectivity index (χ2n) is 5.67. The zero-order valence-corrected chi connectivity index (χ0v) is 14.9.